The monoisotopic (exact) mass is 363 g/mol. The van der Waals surface area contributed by atoms with Crippen LogP contribution in [0.1, 0.15) is 40.7 Å². The summed E-state index contributed by atoms with van der Waals surface area (Å²) in [6, 6.07) is 14.9. The molecule has 2 fully saturated rings. The van der Waals surface area contributed by atoms with Crippen molar-refractivity contribution >= 4 is 17.6 Å². The molecule has 1 N–H and O–H groups in total. The second kappa shape index (κ2) is 5.67. The van der Waals surface area contributed by atoms with Crippen molar-refractivity contribution in [3.63, 3.8) is 0 Å². The number of carbonyl (C=O) groups is 2. The minimum Gasteiger partial charge on any atom is -0.478 e. The molecule has 2 heterocycles. The Labute approximate surface area is 157 Å². The van der Waals surface area contributed by atoms with E-state index in [1.54, 1.807) is 18.2 Å². The van der Waals surface area contributed by atoms with E-state index in [0.29, 0.717) is 6.54 Å². The van der Waals surface area contributed by atoms with E-state index in [2.05, 4.69) is 6.07 Å². The van der Waals surface area contributed by atoms with Gasteiger partial charge in [0, 0.05) is 18.9 Å². The zero-order valence-corrected chi connectivity index (χ0v) is 15.0. The number of rotatable bonds is 3. The minimum absolute atomic E-state index is 0.0239. The van der Waals surface area contributed by atoms with Crippen LogP contribution in [0.4, 0.5) is 5.69 Å². The van der Waals surface area contributed by atoms with Gasteiger partial charge >= 0.3 is 5.97 Å². The van der Waals surface area contributed by atoms with Gasteiger partial charge < -0.3 is 14.7 Å². The molecular formula is C22H21NO4. The van der Waals surface area contributed by atoms with Gasteiger partial charge in [0.05, 0.1) is 17.5 Å². The highest BCUT2D eigenvalue weighted by Crippen LogP contribution is 2.73. The molecule has 2 aromatic carbocycles. The van der Waals surface area contributed by atoms with Crippen LogP contribution in [0.5, 0.6) is 0 Å². The van der Waals surface area contributed by atoms with Gasteiger partial charge in [0.1, 0.15) is 0 Å². The lowest BCUT2D eigenvalue weighted by Gasteiger charge is -2.27. The first kappa shape index (κ1) is 16.5. The summed E-state index contributed by atoms with van der Waals surface area (Å²) in [4.78, 5) is 26.7. The van der Waals surface area contributed by atoms with Crippen molar-refractivity contribution in [2.45, 2.75) is 31.2 Å². The molecule has 3 aliphatic rings. The Balaban J connectivity index is 1.53. The summed E-state index contributed by atoms with van der Waals surface area (Å²) in [6.07, 6.45) is 2.75. The maximum Gasteiger partial charge on any atom is 0.335 e. The number of hydrogen-bond donors (Lipinski definition) is 1. The first-order chi connectivity index (χ1) is 13.1. The van der Waals surface area contributed by atoms with Crippen LogP contribution < -0.4 is 4.90 Å². The van der Waals surface area contributed by atoms with Gasteiger partial charge in [-0.15, -0.1) is 0 Å². The van der Waals surface area contributed by atoms with Gasteiger partial charge in [-0.2, -0.15) is 0 Å². The highest BCUT2D eigenvalue weighted by atomic mass is 16.5. The molecule has 2 aliphatic heterocycles. The smallest absolute Gasteiger partial charge is 0.335 e. The van der Waals surface area contributed by atoms with Crippen molar-refractivity contribution in [2.75, 3.05) is 18.1 Å². The molecule has 0 radical (unpaired) electrons. The van der Waals surface area contributed by atoms with Gasteiger partial charge in [-0.1, -0.05) is 30.3 Å². The Kier molecular flexibility index (Phi) is 3.46. The highest BCUT2D eigenvalue weighted by Gasteiger charge is 2.75. The SMILES string of the molecule is O=C(O)c1cccc(CN2C(=O)[C@@]3(CC34CCOCC4)c3ccccc32)c1. The van der Waals surface area contributed by atoms with Crippen molar-refractivity contribution in [3.05, 3.63) is 65.2 Å². The number of para-hydroxylation sites is 1. The molecule has 5 nitrogen and oxygen atoms in total. The molecule has 0 unspecified atom stereocenters. The van der Waals surface area contributed by atoms with Gasteiger partial charge in [-0.3, -0.25) is 4.79 Å². The quantitative estimate of drug-likeness (QED) is 0.908. The number of ether oxygens (including phenoxy) is 1. The third-order valence-electron chi connectivity index (χ3n) is 6.61. The first-order valence-corrected chi connectivity index (χ1v) is 9.39. The predicted octanol–water partition coefficient (Wildman–Crippen LogP) is 3.37. The van der Waals surface area contributed by atoms with Crippen LogP contribution in [0.3, 0.4) is 0 Å². The normalized spacial score (nSPS) is 25.0. The summed E-state index contributed by atoms with van der Waals surface area (Å²) < 4.78 is 5.55. The lowest BCUT2D eigenvalue weighted by molar-refractivity contribution is -0.121. The summed E-state index contributed by atoms with van der Waals surface area (Å²) in [5.41, 5.74) is 2.78. The molecule has 2 spiro atoms. The maximum atomic E-state index is 13.6. The first-order valence-electron chi connectivity index (χ1n) is 9.39. The summed E-state index contributed by atoms with van der Waals surface area (Å²) in [5.74, 6) is -0.795. The van der Waals surface area contributed by atoms with E-state index >= 15 is 0 Å². The molecule has 27 heavy (non-hydrogen) atoms. The van der Waals surface area contributed by atoms with E-state index in [1.165, 1.54) is 0 Å². The second-order valence-corrected chi connectivity index (χ2v) is 7.89. The Bertz CT molecular complexity index is 947. The lowest BCUT2D eigenvalue weighted by atomic mass is 9.82. The van der Waals surface area contributed by atoms with Crippen LogP contribution >= 0.6 is 0 Å². The fourth-order valence-corrected chi connectivity index (χ4v) is 5.18. The third kappa shape index (κ3) is 2.21. The second-order valence-electron chi connectivity index (χ2n) is 7.89. The Hall–Kier alpha value is -2.66. The fourth-order valence-electron chi connectivity index (χ4n) is 5.18. The van der Waals surface area contributed by atoms with Crippen molar-refractivity contribution < 1.29 is 19.4 Å². The molecule has 5 rings (SSSR count). The van der Waals surface area contributed by atoms with E-state index in [1.807, 2.05) is 29.2 Å². The Morgan fingerprint density at radius 3 is 2.67 bits per heavy atom. The number of amides is 1. The van der Waals surface area contributed by atoms with Crippen LogP contribution in [0, 0.1) is 5.41 Å². The minimum atomic E-state index is -0.954. The largest absolute Gasteiger partial charge is 0.478 e. The van der Waals surface area contributed by atoms with E-state index in [0.717, 1.165) is 49.3 Å². The number of anilines is 1. The number of hydrogen-bond acceptors (Lipinski definition) is 3. The molecule has 1 amide bonds. The van der Waals surface area contributed by atoms with Crippen molar-refractivity contribution in [3.8, 4) is 0 Å². The van der Waals surface area contributed by atoms with Crippen LogP contribution in [-0.4, -0.2) is 30.2 Å². The van der Waals surface area contributed by atoms with Gasteiger partial charge in [0.2, 0.25) is 5.91 Å². The zero-order valence-electron chi connectivity index (χ0n) is 15.0. The summed E-state index contributed by atoms with van der Waals surface area (Å²) >= 11 is 0. The molecule has 138 valence electrons. The van der Waals surface area contributed by atoms with Gasteiger partial charge in [0.15, 0.2) is 0 Å². The number of carboxylic acid groups (broad SMARTS) is 1. The summed E-state index contributed by atoms with van der Waals surface area (Å²) in [6.45, 7) is 1.83. The van der Waals surface area contributed by atoms with Crippen LogP contribution in [-0.2, 0) is 21.5 Å². The molecular weight excluding hydrogens is 342 g/mol. The maximum absolute atomic E-state index is 13.6. The molecule has 0 bridgehead atoms. The standard InChI is InChI=1S/C22H21NO4/c24-19(25)16-5-3-4-15(12-16)13-23-18-7-2-1-6-17(18)22(20(23)26)14-21(22)8-10-27-11-9-21/h1-7,12H,8-11,13-14H2,(H,24,25)/t22-/m1/s1. The average Bonchev–Trinajstić information content (AvgIpc) is 3.27. The average molecular weight is 363 g/mol. The van der Waals surface area contributed by atoms with Gasteiger partial charge in [-0.25, -0.2) is 4.79 Å². The molecule has 1 saturated heterocycles. The van der Waals surface area contributed by atoms with E-state index in [-0.39, 0.29) is 16.9 Å². The predicted molar refractivity (Wildman–Crippen MR) is 99.8 cm³/mol. The van der Waals surface area contributed by atoms with Gasteiger partial charge in [-0.05, 0) is 54.0 Å². The number of aromatic carboxylic acids is 1. The van der Waals surface area contributed by atoms with E-state index in [4.69, 9.17) is 4.74 Å². The Morgan fingerprint density at radius 2 is 1.89 bits per heavy atom. The molecule has 1 atom stereocenters. The van der Waals surface area contributed by atoms with E-state index < -0.39 is 11.4 Å². The highest BCUT2D eigenvalue weighted by molar-refractivity contribution is 6.11. The molecule has 2 aromatic rings. The number of carboxylic acids is 1. The molecule has 1 saturated carbocycles. The molecule has 1 aliphatic carbocycles. The van der Waals surface area contributed by atoms with Gasteiger partial charge in [0.25, 0.3) is 0 Å². The Morgan fingerprint density at radius 1 is 1.11 bits per heavy atom. The lowest BCUT2D eigenvalue weighted by Crippen LogP contribution is -2.36. The fraction of sp³-hybridized carbons (Fsp3) is 0.364. The van der Waals surface area contributed by atoms with Crippen LogP contribution in [0.2, 0.25) is 0 Å². The van der Waals surface area contributed by atoms with Crippen LogP contribution in [0.25, 0.3) is 0 Å². The topological polar surface area (TPSA) is 66.8 Å². The van der Waals surface area contributed by atoms with Crippen LogP contribution in [0.15, 0.2) is 48.5 Å². The number of nitrogens with zero attached hydrogens (tertiary/aromatic N) is 1. The molecule has 5 heteroatoms. The number of benzene rings is 2. The number of carbonyl (C=O) groups excluding carboxylic acids is 1. The zero-order chi connectivity index (χ0) is 18.6. The summed E-state index contributed by atoms with van der Waals surface area (Å²) in [5, 5.41) is 9.25. The number of fused-ring (bicyclic) bond motifs is 3. The molecule has 0 aromatic heterocycles. The van der Waals surface area contributed by atoms with Crippen molar-refractivity contribution in [1.82, 2.24) is 0 Å². The van der Waals surface area contributed by atoms with Crippen molar-refractivity contribution in [2.24, 2.45) is 5.41 Å². The third-order valence-corrected chi connectivity index (χ3v) is 6.61. The van der Waals surface area contributed by atoms with E-state index in [9.17, 15) is 14.7 Å². The van der Waals surface area contributed by atoms with Crippen molar-refractivity contribution in [1.29, 1.82) is 0 Å². The summed E-state index contributed by atoms with van der Waals surface area (Å²) in [7, 11) is 0.